The summed E-state index contributed by atoms with van der Waals surface area (Å²) < 4.78 is 27.7. The Morgan fingerprint density at radius 3 is 2.61 bits per heavy atom. The number of hydrogen-bond donors (Lipinski definition) is 3. The second kappa shape index (κ2) is 4.24. The normalized spacial score (nSPS) is 11.7. The first kappa shape index (κ1) is 12.8. The van der Waals surface area contributed by atoms with Crippen molar-refractivity contribution >= 4 is 37.5 Å². The van der Waals surface area contributed by atoms with E-state index in [1.165, 1.54) is 7.05 Å². The molecule has 2 rings (SSSR count). The maximum Gasteiger partial charge on any atom is 0.283 e. The van der Waals surface area contributed by atoms with Crippen LogP contribution >= 0.6 is 15.9 Å². The third kappa shape index (κ3) is 2.06. The van der Waals surface area contributed by atoms with Gasteiger partial charge in [0.2, 0.25) is 5.03 Å². The van der Waals surface area contributed by atoms with E-state index in [1.54, 1.807) is 6.92 Å². The molecule has 0 saturated heterocycles. The minimum absolute atomic E-state index is 0.0422. The molecule has 0 aliphatic carbocycles. The minimum atomic E-state index is -3.86. The van der Waals surface area contributed by atoms with E-state index >= 15 is 0 Å². The molecule has 2 aromatic rings. The highest BCUT2D eigenvalue weighted by molar-refractivity contribution is 9.10. The molecule has 0 amide bonds. The van der Waals surface area contributed by atoms with Gasteiger partial charge in [-0.2, -0.15) is 13.5 Å². The molecule has 98 valence electrons. The predicted octanol–water partition coefficient (Wildman–Crippen LogP) is -0.00788. The molecule has 9 nitrogen and oxygen atoms in total. The summed E-state index contributed by atoms with van der Waals surface area (Å²) in [5.74, 6) is 0.0422. The van der Waals surface area contributed by atoms with Crippen LogP contribution in [0.2, 0.25) is 0 Å². The second-order valence-corrected chi connectivity index (χ2v) is 5.87. The van der Waals surface area contributed by atoms with Crippen LogP contribution < -0.4 is 10.5 Å². The van der Waals surface area contributed by atoms with E-state index in [-0.39, 0.29) is 21.1 Å². The number of H-pyrrole nitrogens is 1. The van der Waals surface area contributed by atoms with Crippen LogP contribution in [-0.4, -0.2) is 33.6 Å². The number of nitrogens with zero attached hydrogens (tertiary/aromatic N) is 4. The highest BCUT2D eigenvalue weighted by Gasteiger charge is 2.25. The van der Waals surface area contributed by atoms with Crippen LogP contribution in [-0.2, 0) is 17.1 Å². The molecular formula is C7H10BrN7O2S. The van der Waals surface area contributed by atoms with Gasteiger partial charge >= 0.3 is 0 Å². The van der Waals surface area contributed by atoms with Gasteiger partial charge in [-0.15, -0.1) is 5.10 Å². The first-order valence-corrected chi connectivity index (χ1v) is 6.99. The molecule has 2 heterocycles. The number of aromatic nitrogens is 5. The fraction of sp³-hybridized carbons (Fsp3) is 0.286. The van der Waals surface area contributed by atoms with Gasteiger partial charge in [-0.1, -0.05) is 5.21 Å². The summed E-state index contributed by atoms with van der Waals surface area (Å²) in [7, 11) is -2.40. The molecule has 11 heteroatoms. The zero-order valence-electron chi connectivity index (χ0n) is 9.47. The lowest BCUT2D eigenvalue weighted by molar-refractivity contribution is 0.578. The molecule has 0 aliphatic rings. The number of nitrogen functional groups attached to an aromatic ring is 1. The van der Waals surface area contributed by atoms with Crippen molar-refractivity contribution in [2.45, 2.75) is 11.9 Å². The van der Waals surface area contributed by atoms with Crippen molar-refractivity contribution in [3.8, 4) is 0 Å². The Morgan fingerprint density at radius 2 is 2.17 bits per heavy atom. The molecule has 0 spiro atoms. The van der Waals surface area contributed by atoms with Crippen molar-refractivity contribution in [1.29, 1.82) is 0 Å². The topological polar surface area (TPSA) is 132 Å². The minimum Gasteiger partial charge on any atom is -0.394 e. The fourth-order valence-electron chi connectivity index (χ4n) is 1.30. The molecule has 0 radical (unpaired) electrons. The van der Waals surface area contributed by atoms with Crippen molar-refractivity contribution < 1.29 is 8.42 Å². The number of aryl methyl sites for hydroxylation is 2. The fourth-order valence-corrected chi connectivity index (χ4v) is 3.42. The second-order valence-electron chi connectivity index (χ2n) is 3.53. The third-order valence-electron chi connectivity index (χ3n) is 2.22. The number of sulfonamides is 1. The van der Waals surface area contributed by atoms with Crippen LogP contribution in [0.3, 0.4) is 0 Å². The van der Waals surface area contributed by atoms with Crippen LogP contribution in [0.25, 0.3) is 0 Å². The van der Waals surface area contributed by atoms with Gasteiger partial charge in [0.15, 0.2) is 10.4 Å². The van der Waals surface area contributed by atoms with E-state index in [9.17, 15) is 8.42 Å². The van der Waals surface area contributed by atoms with Crippen LogP contribution in [0, 0.1) is 6.92 Å². The summed E-state index contributed by atoms with van der Waals surface area (Å²) in [6.07, 6.45) is 0. The standard InChI is InChI=1S/C7H10BrN7O2S/c1-3-4(9)6(12-10-3)13-18(16,17)7-5(8)11-14-15(7)2/h9H2,1-2H3,(H2,10,12,13). The predicted molar refractivity (Wildman–Crippen MR) is 67.2 cm³/mol. The van der Waals surface area contributed by atoms with Crippen molar-refractivity contribution in [1.82, 2.24) is 25.2 Å². The van der Waals surface area contributed by atoms with Crippen LogP contribution in [0.1, 0.15) is 5.69 Å². The number of nitrogens with one attached hydrogen (secondary N) is 2. The van der Waals surface area contributed by atoms with Gasteiger partial charge in [0.25, 0.3) is 10.0 Å². The highest BCUT2D eigenvalue weighted by atomic mass is 79.9. The molecule has 0 saturated carbocycles. The summed E-state index contributed by atoms with van der Waals surface area (Å²) >= 11 is 3.02. The first-order chi connectivity index (χ1) is 8.33. The first-order valence-electron chi connectivity index (χ1n) is 4.71. The SMILES string of the molecule is Cc1[nH]nc(NS(=O)(=O)c2c(Br)nnn2C)c1N. The van der Waals surface area contributed by atoms with E-state index < -0.39 is 10.0 Å². The molecule has 0 unspecified atom stereocenters. The Labute approximate surface area is 111 Å². The number of hydrogen-bond acceptors (Lipinski definition) is 6. The average molecular weight is 336 g/mol. The highest BCUT2D eigenvalue weighted by Crippen LogP contribution is 2.24. The van der Waals surface area contributed by atoms with E-state index in [4.69, 9.17) is 5.73 Å². The van der Waals surface area contributed by atoms with Crippen molar-refractivity contribution in [2.24, 2.45) is 7.05 Å². The lowest BCUT2D eigenvalue weighted by atomic mass is 10.4. The Balaban J connectivity index is 2.43. The maximum atomic E-state index is 12.1. The van der Waals surface area contributed by atoms with Gasteiger partial charge < -0.3 is 5.73 Å². The Morgan fingerprint density at radius 1 is 1.50 bits per heavy atom. The summed E-state index contributed by atoms with van der Waals surface area (Å²) in [6.45, 7) is 1.68. The van der Waals surface area contributed by atoms with Crippen LogP contribution in [0.4, 0.5) is 11.5 Å². The summed E-state index contributed by atoms with van der Waals surface area (Å²) in [5, 5.41) is 13.4. The van der Waals surface area contributed by atoms with Gasteiger partial charge in [0.05, 0.1) is 11.4 Å². The van der Waals surface area contributed by atoms with E-state index in [0.717, 1.165) is 4.68 Å². The number of aromatic amines is 1. The molecule has 2 aromatic heterocycles. The van der Waals surface area contributed by atoms with E-state index in [2.05, 4.69) is 41.2 Å². The van der Waals surface area contributed by atoms with Crippen LogP contribution in [0.15, 0.2) is 9.63 Å². The molecule has 0 fully saturated rings. The van der Waals surface area contributed by atoms with E-state index in [1.807, 2.05) is 0 Å². The largest absolute Gasteiger partial charge is 0.394 e. The van der Waals surface area contributed by atoms with E-state index in [0.29, 0.717) is 5.69 Å². The molecular weight excluding hydrogens is 326 g/mol. The monoisotopic (exact) mass is 335 g/mol. The lowest BCUT2D eigenvalue weighted by Crippen LogP contribution is -2.18. The summed E-state index contributed by atoms with van der Waals surface area (Å²) in [4.78, 5) is 0. The van der Waals surface area contributed by atoms with Crippen molar-refractivity contribution in [2.75, 3.05) is 10.5 Å². The molecule has 4 N–H and O–H groups in total. The zero-order chi connectivity index (χ0) is 13.5. The molecule has 18 heavy (non-hydrogen) atoms. The van der Waals surface area contributed by atoms with Gasteiger partial charge in [-0.3, -0.25) is 9.82 Å². The van der Waals surface area contributed by atoms with Crippen molar-refractivity contribution in [3.05, 3.63) is 10.3 Å². The van der Waals surface area contributed by atoms with Crippen molar-refractivity contribution in [3.63, 3.8) is 0 Å². The van der Waals surface area contributed by atoms with Gasteiger partial charge in [-0.05, 0) is 22.9 Å². The molecule has 0 aliphatic heterocycles. The lowest BCUT2D eigenvalue weighted by Gasteiger charge is -2.05. The molecule has 0 atom stereocenters. The Bertz CT molecular complexity index is 669. The number of nitrogens with two attached hydrogens (primary N) is 1. The summed E-state index contributed by atoms with van der Waals surface area (Å²) in [6, 6.07) is 0. The van der Waals surface area contributed by atoms with Gasteiger partial charge in [-0.25, -0.2) is 4.68 Å². The van der Waals surface area contributed by atoms with Gasteiger partial charge in [0, 0.05) is 7.05 Å². The number of rotatable bonds is 3. The quantitative estimate of drug-likeness (QED) is 0.722. The summed E-state index contributed by atoms with van der Waals surface area (Å²) in [5.41, 5.74) is 6.49. The number of halogens is 1. The third-order valence-corrected chi connectivity index (χ3v) is 4.44. The zero-order valence-corrected chi connectivity index (χ0v) is 11.9. The maximum absolute atomic E-state index is 12.1. The Hall–Kier alpha value is -1.62. The average Bonchev–Trinajstić information content (AvgIpc) is 2.76. The van der Waals surface area contributed by atoms with Crippen LogP contribution in [0.5, 0.6) is 0 Å². The smallest absolute Gasteiger partial charge is 0.283 e. The molecule has 0 aromatic carbocycles. The Kier molecular flexibility index (Phi) is 3.02. The molecule has 0 bridgehead atoms. The van der Waals surface area contributed by atoms with Gasteiger partial charge in [0.1, 0.15) is 0 Å². The number of anilines is 2.